The molecule has 102 valence electrons. The highest BCUT2D eigenvalue weighted by Crippen LogP contribution is 2.12. The number of H-pyrrole nitrogens is 1. The molecule has 0 aliphatic carbocycles. The SMILES string of the molecule is C/C(=N/O)c1cccc(NC(=O)c2cccc(=O)[nH]2)c1. The van der Waals surface area contributed by atoms with Gasteiger partial charge in [0.25, 0.3) is 5.91 Å². The molecule has 0 saturated heterocycles. The Morgan fingerprint density at radius 3 is 2.70 bits per heavy atom. The van der Waals surface area contributed by atoms with E-state index in [0.29, 0.717) is 17.0 Å². The molecule has 0 bridgehead atoms. The van der Waals surface area contributed by atoms with Gasteiger partial charge in [0.05, 0.1) is 5.71 Å². The molecule has 0 spiro atoms. The fourth-order valence-electron chi connectivity index (χ4n) is 1.66. The van der Waals surface area contributed by atoms with Crippen LogP contribution in [-0.4, -0.2) is 21.8 Å². The summed E-state index contributed by atoms with van der Waals surface area (Å²) >= 11 is 0. The lowest BCUT2D eigenvalue weighted by atomic mass is 10.1. The highest BCUT2D eigenvalue weighted by Gasteiger charge is 2.07. The molecule has 0 aliphatic rings. The van der Waals surface area contributed by atoms with Gasteiger partial charge in [0.2, 0.25) is 5.56 Å². The van der Waals surface area contributed by atoms with E-state index in [1.807, 2.05) is 0 Å². The molecule has 6 nitrogen and oxygen atoms in total. The minimum absolute atomic E-state index is 0.176. The zero-order valence-electron chi connectivity index (χ0n) is 10.8. The Balaban J connectivity index is 2.22. The maximum Gasteiger partial charge on any atom is 0.272 e. The summed E-state index contributed by atoms with van der Waals surface area (Å²) in [5.74, 6) is -0.418. The molecule has 1 aromatic heterocycles. The van der Waals surface area contributed by atoms with Gasteiger partial charge in [-0.15, -0.1) is 0 Å². The van der Waals surface area contributed by atoms with E-state index in [2.05, 4.69) is 15.5 Å². The van der Waals surface area contributed by atoms with Crippen molar-refractivity contribution < 1.29 is 10.0 Å². The number of aromatic nitrogens is 1. The van der Waals surface area contributed by atoms with E-state index < -0.39 is 5.91 Å². The van der Waals surface area contributed by atoms with Crippen molar-refractivity contribution in [2.45, 2.75) is 6.92 Å². The van der Waals surface area contributed by atoms with Gasteiger partial charge in [-0.3, -0.25) is 9.59 Å². The number of aromatic amines is 1. The van der Waals surface area contributed by atoms with Crippen LogP contribution in [0.1, 0.15) is 23.0 Å². The van der Waals surface area contributed by atoms with Gasteiger partial charge in [-0.1, -0.05) is 23.4 Å². The molecular weight excluding hydrogens is 258 g/mol. The highest BCUT2D eigenvalue weighted by molar-refractivity contribution is 6.04. The van der Waals surface area contributed by atoms with Gasteiger partial charge in [-0.05, 0) is 25.1 Å². The summed E-state index contributed by atoms with van der Waals surface area (Å²) in [7, 11) is 0. The molecule has 2 aromatic rings. The van der Waals surface area contributed by atoms with Crippen LogP contribution in [0.4, 0.5) is 5.69 Å². The number of carbonyl (C=O) groups is 1. The third-order valence-corrected chi connectivity index (χ3v) is 2.70. The topological polar surface area (TPSA) is 94.6 Å². The summed E-state index contributed by atoms with van der Waals surface area (Å²) in [6.45, 7) is 1.65. The molecule has 1 aromatic carbocycles. The smallest absolute Gasteiger partial charge is 0.272 e. The number of hydrogen-bond acceptors (Lipinski definition) is 4. The van der Waals surface area contributed by atoms with Gasteiger partial charge >= 0.3 is 0 Å². The molecule has 6 heteroatoms. The van der Waals surface area contributed by atoms with E-state index in [-0.39, 0.29) is 11.3 Å². The summed E-state index contributed by atoms with van der Waals surface area (Å²) in [5.41, 5.74) is 1.51. The average molecular weight is 271 g/mol. The van der Waals surface area contributed by atoms with Crippen LogP contribution < -0.4 is 10.9 Å². The number of carbonyl (C=O) groups excluding carboxylic acids is 1. The van der Waals surface area contributed by atoms with Crippen molar-refractivity contribution in [3.8, 4) is 0 Å². The zero-order chi connectivity index (χ0) is 14.5. The van der Waals surface area contributed by atoms with Crippen LogP contribution in [0.5, 0.6) is 0 Å². The summed E-state index contributed by atoms with van der Waals surface area (Å²) in [6, 6.07) is 11.2. The Morgan fingerprint density at radius 2 is 2.00 bits per heavy atom. The first-order valence-electron chi connectivity index (χ1n) is 5.90. The molecule has 0 atom stereocenters. The van der Waals surface area contributed by atoms with Crippen LogP contribution in [0.3, 0.4) is 0 Å². The monoisotopic (exact) mass is 271 g/mol. The molecule has 0 radical (unpaired) electrons. The fraction of sp³-hybridized carbons (Fsp3) is 0.0714. The van der Waals surface area contributed by atoms with Gasteiger partial charge in [-0.25, -0.2) is 0 Å². The highest BCUT2D eigenvalue weighted by atomic mass is 16.4. The molecule has 1 heterocycles. The summed E-state index contributed by atoms with van der Waals surface area (Å²) < 4.78 is 0. The van der Waals surface area contributed by atoms with Crippen molar-refractivity contribution in [1.82, 2.24) is 4.98 Å². The van der Waals surface area contributed by atoms with Gasteiger partial charge in [0, 0.05) is 17.3 Å². The van der Waals surface area contributed by atoms with E-state index in [1.54, 1.807) is 31.2 Å². The first-order valence-corrected chi connectivity index (χ1v) is 5.90. The quantitative estimate of drug-likeness (QED) is 0.451. The lowest BCUT2D eigenvalue weighted by molar-refractivity contribution is 0.102. The second-order valence-electron chi connectivity index (χ2n) is 4.15. The first kappa shape index (κ1) is 13.5. The van der Waals surface area contributed by atoms with Crippen molar-refractivity contribution in [2.24, 2.45) is 5.16 Å². The molecule has 2 rings (SSSR count). The van der Waals surface area contributed by atoms with E-state index in [9.17, 15) is 9.59 Å². The largest absolute Gasteiger partial charge is 0.411 e. The van der Waals surface area contributed by atoms with Crippen LogP contribution in [-0.2, 0) is 0 Å². The number of rotatable bonds is 3. The molecule has 0 unspecified atom stereocenters. The Hall–Kier alpha value is -2.89. The van der Waals surface area contributed by atoms with Crippen molar-refractivity contribution in [2.75, 3.05) is 5.32 Å². The molecular formula is C14H13N3O3. The van der Waals surface area contributed by atoms with Crippen LogP contribution in [0.15, 0.2) is 52.4 Å². The van der Waals surface area contributed by atoms with Crippen molar-refractivity contribution >= 4 is 17.3 Å². The molecule has 0 aliphatic heterocycles. The molecule has 0 saturated carbocycles. The lowest BCUT2D eigenvalue weighted by Crippen LogP contribution is -2.18. The molecule has 3 N–H and O–H groups in total. The second kappa shape index (κ2) is 5.83. The average Bonchev–Trinajstić information content (AvgIpc) is 2.46. The van der Waals surface area contributed by atoms with Gasteiger partial charge in [0.15, 0.2) is 0 Å². The number of nitrogens with one attached hydrogen (secondary N) is 2. The van der Waals surface area contributed by atoms with E-state index in [0.717, 1.165) is 0 Å². The number of nitrogens with zero attached hydrogens (tertiary/aromatic N) is 1. The number of anilines is 1. The van der Waals surface area contributed by atoms with Crippen LogP contribution in [0.2, 0.25) is 0 Å². The molecule has 20 heavy (non-hydrogen) atoms. The zero-order valence-corrected chi connectivity index (χ0v) is 10.8. The van der Waals surface area contributed by atoms with E-state index >= 15 is 0 Å². The molecule has 0 fully saturated rings. The summed E-state index contributed by atoms with van der Waals surface area (Å²) in [4.78, 5) is 25.6. The fourth-order valence-corrected chi connectivity index (χ4v) is 1.66. The van der Waals surface area contributed by atoms with Crippen molar-refractivity contribution in [3.63, 3.8) is 0 Å². The summed E-state index contributed by atoms with van der Waals surface area (Å²) in [5, 5.41) is 14.5. The Kier molecular flexibility index (Phi) is 3.95. The number of pyridine rings is 1. The number of benzene rings is 1. The normalized spacial score (nSPS) is 11.2. The third kappa shape index (κ3) is 3.11. The van der Waals surface area contributed by atoms with Crippen LogP contribution in [0, 0.1) is 0 Å². The maximum absolute atomic E-state index is 12.0. The maximum atomic E-state index is 12.0. The predicted molar refractivity (Wildman–Crippen MR) is 75.5 cm³/mol. The summed E-state index contributed by atoms with van der Waals surface area (Å²) in [6.07, 6.45) is 0. The van der Waals surface area contributed by atoms with Crippen LogP contribution in [0.25, 0.3) is 0 Å². The molecule has 1 amide bonds. The van der Waals surface area contributed by atoms with Crippen LogP contribution >= 0.6 is 0 Å². The number of hydrogen-bond donors (Lipinski definition) is 3. The number of oxime groups is 1. The van der Waals surface area contributed by atoms with Gasteiger partial charge in [0.1, 0.15) is 5.69 Å². The van der Waals surface area contributed by atoms with Gasteiger partial charge in [-0.2, -0.15) is 0 Å². The van der Waals surface area contributed by atoms with Gasteiger partial charge < -0.3 is 15.5 Å². The Morgan fingerprint density at radius 1 is 1.25 bits per heavy atom. The minimum Gasteiger partial charge on any atom is -0.411 e. The standard InChI is InChI=1S/C14H13N3O3/c1-9(17-20)10-4-2-5-11(8-10)15-14(19)12-6-3-7-13(18)16-12/h2-8,20H,1H3,(H,15,19)(H,16,18)/b17-9-. The Bertz CT molecular complexity index is 719. The number of amides is 1. The van der Waals surface area contributed by atoms with E-state index in [4.69, 9.17) is 5.21 Å². The second-order valence-corrected chi connectivity index (χ2v) is 4.15. The predicted octanol–water partition coefficient (Wildman–Crippen LogP) is 1.83. The van der Waals surface area contributed by atoms with Crippen molar-refractivity contribution in [1.29, 1.82) is 0 Å². The van der Waals surface area contributed by atoms with Crippen molar-refractivity contribution in [3.05, 3.63) is 64.1 Å². The minimum atomic E-state index is -0.418. The first-order chi connectivity index (χ1) is 9.60. The lowest BCUT2D eigenvalue weighted by Gasteiger charge is -2.06. The Labute approximate surface area is 114 Å². The third-order valence-electron chi connectivity index (χ3n) is 2.70. The van der Waals surface area contributed by atoms with E-state index in [1.165, 1.54) is 18.2 Å².